The maximum absolute atomic E-state index is 9.99. The maximum Gasteiger partial charge on any atom is 0.157 e. The quantitative estimate of drug-likeness (QED) is 0.486. The number of rotatable bonds is 2. The zero-order valence-electron chi connectivity index (χ0n) is 10.8. The molecule has 21 heavy (non-hydrogen) atoms. The van der Waals surface area contributed by atoms with Gasteiger partial charge in [0.25, 0.3) is 0 Å². The van der Waals surface area contributed by atoms with Crippen LogP contribution in [-0.4, -0.2) is 5.11 Å². The Kier molecular flexibility index (Phi) is 4.03. The van der Waals surface area contributed by atoms with Crippen molar-refractivity contribution < 1.29 is 5.11 Å². The molecule has 0 fully saturated rings. The Morgan fingerprint density at radius 2 is 1.52 bits per heavy atom. The highest BCUT2D eigenvalue weighted by molar-refractivity contribution is 9.11. The van der Waals surface area contributed by atoms with Crippen LogP contribution in [0, 0.1) is 0 Å². The Bertz CT molecular complexity index is 842. The van der Waals surface area contributed by atoms with Gasteiger partial charge in [-0.3, -0.25) is 0 Å². The van der Waals surface area contributed by atoms with Crippen LogP contribution >= 0.6 is 31.9 Å². The molecule has 3 aromatic rings. The lowest BCUT2D eigenvalue weighted by Crippen LogP contribution is -1.74. The van der Waals surface area contributed by atoms with E-state index >= 15 is 0 Å². The molecule has 104 valence electrons. The largest absolute Gasteiger partial charge is 0.505 e. The van der Waals surface area contributed by atoms with Gasteiger partial charge in [-0.05, 0) is 39.5 Å². The summed E-state index contributed by atoms with van der Waals surface area (Å²) in [4.78, 5) is 0. The van der Waals surface area contributed by atoms with Crippen molar-refractivity contribution in [3.8, 4) is 5.75 Å². The van der Waals surface area contributed by atoms with Gasteiger partial charge in [0.15, 0.2) is 5.75 Å². The van der Waals surface area contributed by atoms with Crippen LogP contribution in [0.25, 0.3) is 10.8 Å². The summed E-state index contributed by atoms with van der Waals surface area (Å²) < 4.78 is 1.39. The summed E-state index contributed by atoms with van der Waals surface area (Å²) in [5.74, 6) is 0.0715. The van der Waals surface area contributed by atoms with Crippen molar-refractivity contribution in [1.29, 1.82) is 0 Å². The normalized spacial score (nSPS) is 11.3. The third-order valence-electron chi connectivity index (χ3n) is 3.04. The van der Waals surface area contributed by atoms with E-state index in [1.54, 1.807) is 12.1 Å². The molecule has 0 atom stereocenters. The minimum Gasteiger partial charge on any atom is -0.505 e. The highest BCUT2D eigenvalue weighted by Crippen LogP contribution is 2.38. The highest BCUT2D eigenvalue weighted by Gasteiger charge is 2.07. The predicted octanol–water partition coefficient (Wildman–Crippen LogP) is 6.49. The highest BCUT2D eigenvalue weighted by atomic mass is 79.9. The number of nitrogens with zero attached hydrogens (tertiary/aromatic N) is 2. The molecule has 3 rings (SSSR count). The van der Waals surface area contributed by atoms with Gasteiger partial charge in [0, 0.05) is 9.86 Å². The molecule has 0 amide bonds. The molecule has 0 aliphatic carbocycles. The van der Waals surface area contributed by atoms with Crippen LogP contribution in [-0.2, 0) is 0 Å². The zero-order chi connectivity index (χ0) is 14.8. The molecule has 0 saturated carbocycles. The molecular formula is C16H10Br2N2O. The molecule has 0 radical (unpaired) electrons. The molecule has 0 heterocycles. The van der Waals surface area contributed by atoms with E-state index in [1.807, 2.05) is 42.5 Å². The van der Waals surface area contributed by atoms with Crippen molar-refractivity contribution >= 4 is 54.0 Å². The number of halogens is 2. The molecule has 0 aliphatic rings. The summed E-state index contributed by atoms with van der Waals surface area (Å²) >= 11 is 6.65. The fourth-order valence-corrected chi connectivity index (χ4v) is 3.23. The number of fused-ring (bicyclic) bond motifs is 1. The maximum atomic E-state index is 9.99. The second kappa shape index (κ2) is 5.95. The number of phenolic OH excluding ortho intramolecular Hbond substituents is 1. The van der Waals surface area contributed by atoms with E-state index in [9.17, 15) is 5.11 Å². The van der Waals surface area contributed by atoms with Crippen LogP contribution in [0.5, 0.6) is 5.75 Å². The van der Waals surface area contributed by atoms with Crippen molar-refractivity contribution in [2.45, 2.75) is 0 Å². The fraction of sp³-hybridized carbons (Fsp3) is 0. The average Bonchev–Trinajstić information content (AvgIpc) is 2.49. The van der Waals surface area contributed by atoms with E-state index in [1.165, 1.54) is 0 Å². The standard InChI is InChI=1S/C16H10Br2N2O/c17-11-8-13(18)16(21)15(9-11)20-19-14-7-3-5-10-4-1-2-6-12(10)14/h1-9,21H. The molecule has 0 aliphatic heterocycles. The third-order valence-corrected chi connectivity index (χ3v) is 4.10. The lowest BCUT2D eigenvalue weighted by molar-refractivity contribution is 0.473. The van der Waals surface area contributed by atoms with Gasteiger partial charge in [-0.25, -0.2) is 0 Å². The van der Waals surface area contributed by atoms with Gasteiger partial charge in [0.05, 0.1) is 10.2 Å². The van der Waals surface area contributed by atoms with Crippen LogP contribution in [0.3, 0.4) is 0 Å². The molecule has 3 nitrogen and oxygen atoms in total. The number of hydrogen-bond donors (Lipinski definition) is 1. The number of benzene rings is 3. The first-order valence-corrected chi connectivity index (χ1v) is 7.81. The van der Waals surface area contributed by atoms with Crippen LogP contribution in [0.4, 0.5) is 11.4 Å². The van der Waals surface area contributed by atoms with Crippen LogP contribution in [0.1, 0.15) is 0 Å². The Balaban J connectivity index is 2.06. The second-order valence-electron chi connectivity index (χ2n) is 4.45. The SMILES string of the molecule is Oc1c(Br)cc(Br)cc1N=Nc1cccc2ccccc12. The molecule has 0 unspecified atom stereocenters. The third kappa shape index (κ3) is 2.99. The molecule has 0 aromatic heterocycles. The number of azo groups is 1. The molecule has 1 N–H and O–H groups in total. The molecule has 0 spiro atoms. The minimum absolute atomic E-state index is 0.0715. The number of aromatic hydroxyl groups is 1. The first-order valence-electron chi connectivity index (χ1n) is 6.22. The topological polar surface area (TPSA) is 45.0 Å². The van der Waals surface area contributed by atoms with Crippen molar-refractivity contribution in [2.24, 2.45) is 10.2 Å². The Hall–Kier alpha value is -1.72. The van der Waals surface area contributed by atoms with Crippen molar-refractivity contribution in [3.05, 3.63) is 63.5 Å². The van der Waals surface area contributed by atoms with Crippen LogP contribution in [0.2, 0.25) is 0 Å². The molecule has 0 saturated heterocycles. The van der Waals surface area contributed by atoms with Gasteiger partial charge in [-0.15, -0.1) is 10.2 Å². The Morgan fingerprint density at radius 3 is 2.38 bits per heavy atom. The van der Waals surface area contributed by atoms with E-state index in [0.29, 0.717) is 10.2 Å². The van der Waals surface area contributed by atoms with E-state index in [-0.39, 0.29) is 5.75 Å². The van der Waals surface area contributed by atoms with E-state index < -0.39 is 0 Å². The smallest absolute Gasteiger partial charge is 0.157 e. The van der Waals surface area contributed by atoms with Gasteiger partial charge < -0.3 is 5.11 Å². The summed E-state index contributed by atoms with van der Waals surface area (Å²) in [6.07, 6.45) is 0. The Labute approximate surface area is 138 Å². The van der Waals surface area contributed by atoms with Crippen LogP contribution in [0.15, 0.2) is 73.8 Å². The molecule has 0 bridgehead atoms. The van der Waals surface area contributed by atoms with Gasteiger partial charge >= 0.3 is 0 Å². The van der Waals surface area contributed by atoms with Crippen molar-refractivity contribution in [1.82, 2.24) is 0 Å². The number of phenols is 1. The first-order chi connectivity index (χ1) is 10.1. The monoisotopic (exact) mass is 404 g/mol. The lowest BCUT2D eigenvalue weighted by Gasteiger charge is -2.03. The van der Waals surface area contributed by atoms with Gasteiger partial charge in [0.1, 0.15) is 5.69 Å². The molecular weight excluding hydrogens is 396 g/mol. The minimum atomic E-state index is 0.0715. The average molecular weight is 406 g/mol. The van der Waals surface area contributed by atoms with Gasteiger partial charge in [0.2, 0.25) is 0 Å². The van der Waals surface area contributed by atoms with Crippen molar-refractivity contribution in [3.63, 3.8) is 0 Å². The lowest BCUT2D eigenvalue weighted by atomic mass is 10.1. The van der Waals surface area contributed by atoms with Crippen LogP contribution < -0.4 is 0 Å². The van der Waals surface area contributed by atoms with E-state index in [0.717, 1.165) is 20.9 Å². The molecule has 5 heteroatoms. The fourth-order valence-electron chi connectivity index (χ4n) is 2.03. The number of hydrogen-bond acceptors (Lipinski definition) is 3. The van der Waals surface area contributed by atoms with Gasteiger partial charge in [-0.2, -0.15) is 0 Å². The summed E-state index contributed by atoms with van der Waals surface area (Å²) in [5, 5.41) is 20.6. The second-order valence-corrected chi connectivity index (χ2v) is 6.22. The van der Waals surface area contributed by atoms with E-state index in [2.05, 4.69) is 42.1 Å². The summed E-state index contributed by atoms with van der Waals surface area (Å²) in [6, 6.07) is 17.3. The zero-order valence-corrected chi connectivity index (χ0v) is 14.0. The first kappa shape index (κ1) is 14.2. The predicted molar refractivity (Wildman–Crippen MR) is 91.6 cm³/mol. The van der Waals surface area contributed by atoms with Gasteiger partial charge in [-0.1, -0.05) is 52.3 Å². The summed E-state index contributed by atoms with van der Waals surface area (Å²) in [5.41, 5.74) is 1.17. The van der Waals surface area contributed by atoms with E-state index in [4.69, 9.17) is 0 Å². The summed E-state index contributed by atoms with van der Waals surface area (Å²) in [6.45, 7) is 0. The van der Waals surface area contributed by atoms with Crippen molar-refractivity contribution in [2.75, 3.05) is 0 Å². The summed E-state index contributed by atoms with van der Waals surface area (Å²) in [7, 11) is 0. The molecule has 3 aromatic carbocycles. The Morgan fingerprint density at radius 1 is 0.810 bits per heavy atom.